The highest BCUT2D eigenvalue weighted by Crippen LogP contribution is 2.59. The van der Waals surface area contributed by atoms with E-state index in [1.165, 1.54) is 36.9 Å². The molecule has 2 aliphatic carbocycles. The molecule has 1 aromatic carbocycles. The van der Waals surface area contributed by atoms with Crippen molar-refractivity contribution in [1.82, 2.24) is 9.88 Å². The van der Waals surface area contributed by atoms with Crippen molar-refractivity contribution in [3.63, 3.8) is 0 Å². The predicted molar refractivity (Wildman–Crippen MR) is 109 cm³/mol. The van der Waals surface area contributed by atoms with Crippen LogP contribution in [0.3, 0.4) is 0 Å². The van der Waals surface area contributed by atoms with Crippen molar-refractivity contribution in [2.75, 3.05) is 7.05 Å². The van der Waals surface area contributed by atoms with E-state index in [-0.39, 0.29) is 0 Å². The van der Waals surface area contributed by atoms with Crippen LogP contribution in [-0.2, 0) is 6.54 Å². The molecule has 1 N–H and O–H groups in total. The minimum Gasteiger partial charge on any atom is -0.375 e. The van der Waals surface area contributed by atoms with E-state index in [2.05, 4.69) is 73.4 Å². The Bertz CT molecular complexity index is 639. The fourth-order valence-corrected chi connectivity index (χ4v) is 9.90. The van der Waals surface area contributed by atoms with Gasteiger partial charge in [0, 0.05) is 31.2 Å². The molecule has 1 heterocycles. The number of nitrogens with one attached hydrogen (secondary N) is 1. The zero-order valence-electron chi connectivity index (χ0n) is 16.3. The number of allylic oxidation sites excluding steroid dienone is 1. The molecular formula is C22H34N2Si. The van der Waals surface area contributed by atoms with Gasteiger partial charge in [-0.05, 0) is 36.3 Å². The predicted octanol–water partition coefficient (Wildman–Crippen LogP) is 5.01. The van der Waals surface area contributed by atoms with Gasteiger partial charge in [0.15, 0.2) is 0 Å². The Morgan fingerprint density at radius 2 is 1.76 bits per heavy atom. The molecule has 0 aromatic heterocycles. The van der Waals surface area contributed by atoms with Crippen LogP contribution in [0.2, 0.25) is 18.6 Å². The second-order valence-corrected chi connectivity index (χ2v) is 13.6. The second-order valence-electron chi connectivity index (χ2n) is 9.19. The van der Waals surface area contributed by atoms with Gasteiger partial charge in [-0.1, -0.05) is 68.8 Å². The molecule has 2 fully saturated rings. The van der Waals surface area contributed by atoms with Gasteiger partial charge in [-0.25, -0.2) is 0 Å². The van der Waals surface area contributed by atoms with Gasteiger partial charge in [0.1, 0.15) is 8.24 Å². The molecular weight excluding hydrogens is 320 g/mol. The van der Waals surface area contributed by atoms with Crippen LogP contribution in [0.4, 0.5) is 0 Å². The summed E-state index contributed by atoms with van der Waals surface area (Å²) in [6.07, 6.45) is 8.45. The Labute approximate surface area is 154 Å². The summed E-state index contributed by atoms with van der Waals surface area (Å²) in [6.45, 7) is 8.53. The minimum atomic E-state index is -1.54. The normalized spacial score (nSPS) is 34.6. The summed E-state index contributed by atoms with van der Waals surface area (Å²) in [6, 6.07) is 11.7. The first-order valence-corrected chi connectivity index (χ1v) is 13.3. The molecule has 2 saturated carbocycles. The van der Waals surface area contributed by atoms with Crippen LogP contribution < -0.4 is 4.98 Å². The molecule has 3 heteroatoms. The van der Waals surface area contributed by atoms with Crippen molar-refractivity contribution in [1.29, 1.82) is 0 Å². The van der Waals surface area contributed by atoms with Crippen molar-refractivity contribution < 1.29 is 0 Å². The van der Waals surface area contributed by atoms with Crippen LogP contribution >= 0.6 is 0 Å². The monoisotopic (exact) mass is 354 g/mol. The quantitative estimate of drug-likeness (QED) is 0.765. The Morgan fingerprint density at radius 3 is 2.48 bits per heavy atom. The summed E-state index contributed by atoms with van der Waals surface area (Å²) in [4.78, 5) is 6.72. The number of nitrogens with zero attached hydrogens (tertiary/aromatic N) is 1. The molecule has 2 nitrogen and oxygen atoms in total. The third kappa shape index (κ3) is 3.00. The van der Waals surface area contributed by atoms with E-state index >= 15 is 0 Å². The second kappa shape index (κ2) is 6.59. The van der Waals surface area contributed by atoms with E-state index in [9.17, 15) is 0 Å². The first-order valence-electron chi connectivity index (χ1n) is 10.2. The lowest BCUT2D eigenvalue weighted by atomic mass is 9.78. The van der Waals surface area contributed by atoms with Crippen LogP contribution in [-0.4, -0.2) is 26.2 Å². The van der Waals surface area contributed by atoms with Gasteiger partial charge in [0.25, 0.3) is 0 Å². The fraction of sp³-hybridized carbons (Fsp3) is 0.636. The molecule has 3 aliphatic rings. The van der Waals surface area contributed by atoms with Crippen molar-refractivity contribution in [2.45, 2.75) is 63.8 Å². The fourth-order valence-electron chi connectivity index (χ4n) is 6.22. The Balaban J connectivity index is 1.58. The van der Waals surface area contributed by atoms with E-state index < -0.39 is 8.24 Å². The average Bonchev–Trinajstić information content (AvgIpc) is 3.09. The summed E-state index contributed by atoms with van der Waals surface area (Å²) in [5, 5.41) is 0. The molecule has 0 bridgehead atoms. The Hall–Kier alpha value is -1.06. The SMILES string of the molecule is CC1=CC2C3CCCCC3C([Si](C)(C)NCc3ccccc3)C2N1C. The van der Waals surface area contributed by atoms with E-state index in [0.717, 1.165) is 35.9 Å². The highest BCUT2D eigenvalue weighted by Gasteiger charge is 2.58. The van der Waals surface area contributed by atoms with Crippen molar-refractivity contribution >= 4 is 8.24 Å². The lowest BCUT2D eigenvalue weighted by molar-refractivity contribution is 0.246. The largest absolute Gasteiger partial charge is 0.375 e. The molecule has 1 aliphatic heterocycles. The van der Waals surface area contributed by atoms with Crippen LogP contribution in [0.15, 0.2) is 42.1 Å². The highest BCUT2D eigenvalue weighted by atomic mass is 28.3. The van der Waals surface area contributed by atoms with Crippen molar-refractivity contribution in [3.05, 3.63) is 47.7 Å². The van der Waals surface area contributed by atoms with Gasteiger partial charge >= 0.3 is 0 Å². The van der Waals surface area contributed by atoms with Crippen molar-refractivity contribution in [3.8, 4) is 0 Å². The number of fused-ring (bicyclic) bond motifs is 3. The molecule has 5 atom stereocenters. The van der Waals surface area contributed by atoms with Gasteiger partial charge in [0.05, 0.1) is 0 Å². The lowest BCUT2D eigenvalue weighted by Gasteiger charge is -2.42. The molecule has 0 saturated heterocycles. The number of hydrogen-bond acceptors (Lipinski definition) is 2. The van der Waals surface area contributed by atoms with Crippen LogP contribution in [0.5, 0.6) is 0 Å². The van der Waals surface area contributed by atoms with Crippen LogP contribution in [0.25, 0.3) is 0 Å². The maximum absolute atomic E-state index is 4.09. The van der Waals surface area contributed by atoms with Crippen LogP contribution in [0, 0.1) is 17.8 Å². The number of hydrogen-bond donors (Lipinski definition) is 1. The van der Waals surface area contributed by atoms with E-state index in [1.54, 1.807) is 0 Å². The summed E-state index contributed by atoms with van der Waals surface area (Å²) in [5.74, 6) is 2.69. The van der Waals surface area contributed by atoms with E-state index in [0.29, 0.717) is 0 Å². The minimum absolute atomic E-state index is 0.748. The van der Waals surface area contributed by atoms with Gasteiger partial charge < -0.3 is 9.88 Å². The molecule has 4 rings (SSSR count). The summed E-state index contributed by atoms with van der Waals surface area (Å²) >= 11 is 0. The van der Waals surface area contributed by atoms with Crippen LogP contribution in [0.1, 0.15) is 38.2 Å². The summed E-state index contributed by atoms with van der Waals surface area (Å²) in [5.41, 5.74) is 3.80. The standard InChI is InChI=1S/C22H34N2Si/c1-16-14-20-18-12-8-9-13-19(18)22(21(20)24(16)2)25(3,4)23-15-17-10-6-5-7-11-17/h5-7,10-11,14,18-23H,8-9,12-13,15H2,1-4H3. The maximum atomic E-state index is 4.09. The third-order valence-corrected chi connectivity index (χ3v) is 11.0. The zero-order chi connectivity index (χ0) is 17.6. The lowest BCUT2D eigenvalue weighted by Crippen LogP contribution is -2.54. The zero-order valence-corrected chi connectivity index (χ0v) is 17.3. The molecule has 0 amide bonds. The van der Waals surface area contributed by atoms with Gasteiger partial charge in [0.2, 0.25) is 0 Å². The summed E-state index contributed by atoms with van der Waals surface area (Å²) < 4.78 is 0. The van der Waals surface area contributed by atoms with Crippen molar-refractivity contribution in [2.24, 2.45) is 17.8 Å². The maximum Gasteiger partial charge on any atom is 0.125 e. The molecule has 1 aromatic rings. The van der Waals surface area contributed by atoms with Gasteiger partial charge in [-0.3, -0.25) is 0 Å². The van der Waals surface area contributed by atoms with E-state index in [1.807, 2.05) is 0 Å². The first kappa shape index (κ1) is 17.4. The Kier molecular flexibility index (Phi) is 4.57. The first-order chi connectivity index (χ1) is 12.0. The Morgan fingerprint density at radius 1 is 1.08 bits per heavy atom. The van der Waals surface area contributed by atoms with Gasteiger partial charge in [-0.15, -0.1) is 0 Å². The van der Waals surface area contributed by atoms with Gasteiger partial charge in [-0.2, -0.15) is 0 Å². The molecule has 25 heavy (non-hydrogen) atoms. The highest BCUT2D eigenvalue weighted by molar-refractivity contribution is 6.76. The average molecular weight is 355 g/mol. The molecule has 136 valence electrons. The third-order valence-electron chi connectivity index (χ3n) is 7.45. The number of benzene rings is 1. The molecule has 0 radical (unpaired) electrons. The summed E-state index contributed by atoms with van der Waals surface area (Å²) in [7, 11) is 0.806. The smallest absolute Gasteiger partial charge is 0.125 e. The molecule has 5 unspecified atom stereocenters. The van der Waals surface area contributed by atoms with E-state index in [4.69, 9.17) is 0 Å². The number of rotatable bonds is 4. The topological polar surface area (TPSA) is 15.3 Å². The molecule has 0 spiro atoms.